The van der Waals surface area contributed by atoms with E-state index < -0.39 is 0 Å². The molecule has 0 aliphatic carbocycles. The minimum Gasteiger partial charge on any atom is -0.371 e. The van der Waals surface area contributed by atoms with Gasteiger partial charge in [-0.15, -0.1) is 0 Å². The lowest BCUT2D eigenvalue weighted by Gasteiger charge is -2.18. The van der Waals surface area contributed by atoms with Crippen LogP contribution < -0.4 is 0 Å². The average Bonchev–Trinajstić information content (AvgIpc) is 2.19. The van der Waals surface area contributed by atoms with E-state index in [0.717, 1.165) is 6.42 Å². The lowest BCUT2D eigenvalue weighted by atomic mass is 10.1. The van der Waals surface area contributed by atoms with E-state index in [9.17, 15) is 0 Å². The Balaban J connectivity index is 2.46. The minimum atomic E-state index is 0.206. The van der Waals surface area contributed by atoms with E-state index in [2.05, 4.69) is 45.0 Å². The summed E-state index contributed by atoms with van der Waals surface area (Å²) in [5.41, 5.74) is 1.26. The summed E-state index contributed by atoms with van der Waals surface area (Å²) < 4.78 is 5.88. The molecule has 1 aromatic carbocycles. The first-order valence-corrected chi connectivity index (χ1v) is 5.44. The normalized spacial score (nSPS) is 15.1. The Kier molecular flexibility index (Phi) is 4.68. The molecule has 0 aliphatic heterocycles. The zero-order valence-corrected chi connectivity index (χ0v) is 9.36. The third kappa shape index (κ3) is 3.51. The molecule has 0 radical (unpaired) electrons. The van der Waals surface area contributed by atoms with Gasteiger partial charge in [-0.2, -0.15) is 0 Å². The molecule has 1 nitrogen and oxygen atoms in total. The molecule has 0 aromatic heterocycles. The molecule has 1 heteroatoms. The van der Waals surface area contributed by atoms with Crippen molar-refractivity contribution in [3.05, 3.63) is 35.9 Å². The molecule has 14 heavy (non-hydrogen) atoms. The highest BCUT2D eigenvalue weighted by Gasteiger charge is 2.08. The molecule has 0 N–H and O–H groups in total. The fourth-order valence-electron chi connectivity index (χ4n) is 1.63. The van der Waals surface area contributed by atoms with Gasteiger partial charge in [-0.1, -0.05) is 43.7 Å². The lowest BCUT2D eigenvalue weighted by Crippen LogP contribution is -2.11. The molecule has 0 aliphatic rings. The summed E-state index contributed by atoms with van der Waals surface area (Å²) in [6, 6.07) is 10.4. The molecule has 0 fully saturated rings. The van der Waals surface area contributed by atoms with Crippen LogP contribution in [0.5, 0.6) is 0 Å². The molecule has 0 spiro atoms. The first-order chi connectivity index (χ1) is 6.74. The van der Waals surface area contributed by atoms with E-state index in [-0.39, 0.29) is 6.10 Å². The van der Waals surface area contributed by atoms with Gasteiger partial charge in [0.15, 0.2) is 0 Å². The van der Waals surface area contributed by atoms with Crippen LogP contribution in [0, 0.1) is 0 Å². The second-order valence-corrected chi connectivity index (χ2v) is 3.79. The van der Waals surface area contributed by atoms with Gasteiger partial charge in [0.1, 0.15) is 0 Å². The SMILES string of the molecule is CCC[C@H](C)O[C@@H](C)c1ccccc1. The summed E-state index contributed by atoms with van der Waals surface area (Å²) in [6.07, 6.45) is 2.88. The van der Waals surface area contributed by atoms with Crippen LogP contribution in [-0.4, -0.2) is 6.10 Å². The number of benzene rings is 1. The fraction of sp³-hybridized carbons (Fsp3) is 0.538. The molecule has 0 bridgehead atoms. The second-order valence-electron chi connectivity index (χ2n) is 3.79. The Morgan fingerprint density at radius 3 is 2.36 bits per heavy atom. The molecule has 2 atom stereocenters. The summed E-state index contributed by atoms with van der Waals surface area (Å²) in [5, 5.41) is 0. The van der Waals surface area contributed by atoms with Gasteiger partial charge in [0.05, 0.1) is 12.2 Å². The van der Waals surface area contributed by atoms with Crippen molar-refractivity contribution in [1.82, 2.24) is 0 Å². The standard InChI is InChI=1S/C13H20O/c1-4-8-11(2)14-12(3)13-9-6-5-7-10-13/h5-7,9-12H,4,8H2,1-3H3/t11-,12-/m0/s1. The Labute approximate surface area is 87.1 Å². The van der Waals surface area contributed by atoms with E-state index in [4.69, 9.17) is 4.74 Å². The summed E-state index contributed by atoms with van der Waals surface area (Å²) in [6.45, 7) is 6.44. The maximum atomic E-state index is 5.88. The summed E-state index contributed by atoms with van der Waals surface area (Å²) in [5.74, 6) is 0. The maximum Gasteiger partial charge on any atom is 0.0800 e. The van der Waals surface area contributed by atoms with Crippen molar-refractivity contribution in [2.75, 3.05) is 0 Å². The quantitative estimate of drug-likeness (QED) is 0.686. The van der Waals surface area contributed by atoms with E-state index in [1.54, 1.807) is 0 Å². The molecule has 0 unspecified atom stereocenters. The third-order valence-corrected chi connectivity index (χ3v) is 2.40. The molecule has 0 saturated heterocycles. The van der Waals surface area contributed by atoms with Gasteiger partial charge in [0.2, 0.25) is 0 Å². The number of hydrogen-bond donors (Lipinski definition) is 0. The van der Waals surface area contributed by atoms with Gasteiger partial charge in [0.25, 0.3) is 0 Å². The smallest absolute Gasteiger partial charge is 0.0800 e. The monoisotopic (exact) mass is 192 g/mol. The Bertz CT molecular complexity index is 243. The summed E-state index contributed by atoms with van der Waals surface area (Å²) >= 11 is 0. The van der Waals surface area contributed by atoms with Crippen LogP contribution in [0.4, 0.5) is 0 Å². The van der Waals surface area contributed by atoms with Crippen molar-refractivity contribution >= 4 is 0 Å². The van der Waals surface area contributed by atoms with Crippen molar-refractivity contribution in [3.8, 4) is 0 Å². The number of rotatable bonds is 5. The van der Waals surface area contributed by atoms with Gasteiger partial charge in [-0.25, -0.2) is 0 Å². The summed E-state index contributed by atoms with van der Waals surface area (Å²) in [7, 11) is 0. The predicted octanol–water partition coefficient (Wildman–Crippen LogP) is 3.95. The van der Waals surface area contributed by atoms with Gasteiger partial charge >= 0.3 is 0 Å². The first-order valence-electron chi connectivity index (χ1n) is 5.44. The van der Waals surface area contributed by atoms with Gasteiger partial charge < -0.3 is 4.74 Å². The Morgan fingerprint density at radius 2 is 1.79 bits per heavy atom. The Morgan fingerprint density at radius 1 is 1.14 bits per heavy atom. The molecular weight excluding hydrogens is 172 g/mol. The number of hydrogen-bond acceptors (Lipinski definition) is 1. The average molecular weight is 192 g/mol. The highest BCUT2D eigenvalue weighted by molar-refractivity contribution is 5.16. The van der Waals surface area contributed by atoms with Gasteiger partial charge in [0, 0.05) is 0 Å². The van der Waals surface area contributed by atoms with Crippen molar-refractivity contribution in [1.29, 1.82) is 0 Å². The van der Waals surface area contributed by atoms with Crippen molar-refractivity contribution in [3.63, 3.8) is 0 Å². The largest absolute Gasteiger partial charge is 0.371 e. The van der Waals surface area contributed by atoms with Gasteiger partial charge in [-0.3, -0.25) is 0 Å². The van der Waals surface area contributed by atoms with Crippen LogP contribution in [0.3, 0.4) is 0 Å². The van der Waals surface area contributed by atoms with Crippen molar-refractivity contribution in [2.24, 2.45) is 0 Å². The summed E-state index contributed by atoms with van der Waals surface area (Å²) in [4.78, 5) is 0. The maximum absolute atomic E-state index is 5.88. The molecule has 1 rings (SSSR count). The van der Waals surface area contributed by atoms with Crippen molar-refractivity contribution < 1.29 is 4.74 Å². The minimum absolute atomic E-state index is 0.206. The first kappa shape index (κ1) is 11.3. The van der Waals surface area contributed by atoms with Gasteiger partial charge in [-0.05, 0) is 25.8 Å². The molecule has 78 valence electrons. The third-order valence-electron chi connectivity index (χ3n) is 2.40. The number of ether oxygens (including phenoxy) is 1. The van der Waals surface area contributed by atoms with Crippen LogP contribution in [0.1, 0.15) is 45.3 Å². The lowest BCUT2D eigenvalue weighted by molar-refractivity contribution is 0.00258. The highest BCUT2D eigenvalue weighted by Crippen LogP contribution is 2.19. The zero-order chi connectivity index (χ0) is 10.4. The molecular formula is C13H20O. The predicted molar refractivity (Wildman–Crippen MR) is 60.3 cm³/mol. The van der Waals surface area contributed by atoms with E-state index in [1.807, 2.05) is 6.07 Å². The van der Waals surface area contributed by atoms with E-state index in [0.29, 0.717) is 6.10 Å². The molecule has 0 heterocycles. The Hall–Kier alpha value is -0.820. The van der Waals surface area contributed by atoms with Crippen LogP contribution in [0.25, 0.3) is 0 Å². The fourth-order valence-corrected chi connectivity index (χ4v) is 1.63. The van der Waals surface area contributed by atoms with Crippen LogP contribution in [0.15, 0.2) is 30.3 Å². The van der Waals surface area contributed by atoms with E-state index in [1.165, 1.54) is 12.0 Å². The highest BCUT2D eigenvalue weighted by atomic mass is 16.5. The van der Waals surface area contributed by atoms with Crippen LogP contribution in [-0.2, 0) is 4.74 Å². The topological polar surface area (TPSA) is 9.23 Å². The van der Waals surface area contributed by atoms with Crippen LogP contribution in [0.2, 0.25) is 0 Å². The molecule has 1 aromatic rings. The van der Waals surface area contributed by atoms with Crippen molar-refractivity contribution in [2.45, 2.75) is 45.8 Å². The van der Waals surface area contributed by atoms with E-state index >= 15 is 0 Å². The molecule has 0 saturated carbocycles. The second kappa shape index (κ2) is 5.82. The van der Waals surface area contributed by atoms with Crippen LogP contribution >= 0.6 is 0 Å². The zero-order valence-electron chi connectivity index (χ0n) is 9.36. The molecule has 0 amide bonds.